The molecule has 0 bridgehead atoms. The van der Waals surface area contributed by atoms with Crippen molar-refractivity contribution in [2.24, 2.45) is 0 Å². The Balaban J connectivity index is 1.95. The molecule has 0 fully saturated rings. The molecule has 2 aromatic heterocycles. The fourth-order valence-electron chi connectivity index (χ4n) is 1.27. The summed E-state index contributed by atoms with van der Waals surface area (Å²) in [5, 5.41) is 5.58. The Morgan fingerprint density at radius 2 is 2.35 bits per heavy atom. The largest absolute Gasteiger partial charge is 0.397 e. The van der Waals surface area contributed by atoms with E-state index in [2.05, 4.69) is 15.3 Å². The third-order valence-electron chi connectivity index (χ3n) is 2.09. The molecule has 0 spiro atoms. The molecule has 0 radical (unpaired) electrons. The smallest absolute Gasteiger partial charge is 0.270 e. The van der Waals surface area contributed by atoms with Crippen LogP contribution in [0.15, 0.2) is 23.7 Å². The molecule has 6 heteroatoms. The summed E-state index contributed by atoms with van der Waals surface area (Å²) in [6.07, 6.45) is 1.46. The Morgan fingerprint density at radius 3 is 2.94 bits per heavy atom. The van der Waals surface area contributed by atoms with E-state index in [1.54, 1.807) is 12.1 Å². The lowest BCUT2D eigenvalue weighted by Gasteiger charge is -2.02. The van der Waals surface area contributed by atoms with Gasteiger partial charge in [-0.2, -0.15) is 0 Å². The van der Waals surface area contributed by atoms with Crippen LogP contribution in [0.3, 0.4) is 0 Å². The molecule has 5 nitrogen and oxygen atoms in total. The normalized spacial score (nSPS) is 10.2. The predicted octanol–water partition coefficient (Wildman–Crippen LogP) is 1.36. The highest BCUT2D eigenvalue weighted by Crippen LogP contribution is 2.08. The molecule has 88 valence electrons. The maximum Gasteiger partial charge on any atom is 0.270 e. The number of rotatable bonds is 3. The fourth-order valence-corrected chi connectivity index (χ4v) is 1.98. The summed E-state index contributed by atoms with van der Waals surface area (Å²) in [6.45, 7) is 2.34. The van der Waals surface area contributed by atoms with E-state index in [1.165, 1.54) is 17.5 Å². The van der Waals surface area contributed by atoms with Crippen molar-refractivity contribution in [3.05, 3.63) is 40.1 Å². The average Bonchev–Trinajstić information content (AvgIpc) is 2.73. The monoisotopic (exact) mass is 248 g/mol. The van der Waals surface area contributed by atoms with Crippen molar-refractivity contribution in [2.45, 2.75) is 13.5 Å². The lowest BCUT2D eigenvalue weighted by atomic mass is 10.3. The first-order valence-corrected chi connectivity index (χ1v) is 5.94. The Morgan fingerprint density at radius 1 is 1.53 bits per heavy atom. The second-order valence-electron chi connectivity index (χ2n) is 3.54. The summed E-state index contributed by atoms with van der Waals surface area (Å²) in [5.74, 6) is -0.224. The van der Waals surface area contributed by atoms with Gasteiger partial charge in [-0.15, -0.1) is 11.3 Å². The molecule has 0 saturated carbocycles. The van der Waals surface area contributed by atoms with Gasteiger partial charge in [0.1, 0.15) is 10.7 Å². The second kappa shape index (κ2) is 4.92. The molecular weight excluding hydrogens is 236 g/mol. The highest BCUT2D eigenvalue weighted by molar-refractivity contribution is 7.09. The average molecular weight is 248 g/mol. The molecule has 0 atom stereocenters. The topological polar surface area (TPSA) is 80.9 Å². The van der Waals surface area contributed by atoms with Crippen LogP contribution in [0, 0.1) is 6.92 Å². The summed E-state index contributed by atoms with van der Waals surface area (Å²) in [4.78, 5) is 19.9. The molecule has 0 aliphatic rings. The Bertz CT molecular complexity index is 521. The van der Waals surface area contributed by atoms with Crippen LogP contribution in [0.1, 0.15) is 21.2 Å². The van der Waals surface area contributed by atoms with Crippen LogP contribution in [0.4, 0.5) is 5.69 Å². The van der Waals surface area contributed by atoms with Gasteiger partial charge >= 0.3 is 0 Å². The molecule has 2 aromatic rings. The van der Waals surface area contributed by atoms with Gasteiger partial charge in [-0.05, 0) is 19.1 Å². The van der Waals surface area contributed by atoms with Gasteiger partial charge in [0.15, 0.2) is 0 Å². The number of nitrogen functional groups attached to an aromatic ring is 1. The van der Waals surface area contributed by atoms with E-state index in [1.807, 2.05) is 12.3 Å². The molecule has 2 rings (SSSR count). The zero-order valence-electron chi connectivity index (χ0n) is 9.30. The van der Waals surface area contributed by atoms with Crippen molar-refractivity contribution in [3.8, 4) is 0 Å². The number of nitrogens with zero attached hydrogens (tertiary/aromatic N) is 2. The van der Waals surface area contributed by atoms with Crippen molar-refractivity contribution in [2.75, 3.05) is 5.73 Å². The minimum absolute atomic E-state index is 0.224. The van der Waals surface area contributed by atoms with Gasteiger partial charge in [0, 0.05) is 11.1 Å². The number of nitrogens with one attached hydrogen (secondary N) is 1. The zero-order chi connectivity index (χ0) is 12.3. The van der Waals surface area contributed by atoms with E-state index in [4.69, 9.17) is 5.73 Å². The zero-order valence-corrected chi connectivity index (χ0v) is 10.1. The van der Waals surface area contributed by atoms with E-state index < -0.39 is 0 Å². The van der Waals surface area contributed by atoms with E-state index in [-0.39, 0.29) is 5.91 Å². The van der Waals surface area contributed by atoms with Gasteiger partial charge in [-0.1, -0.05) is 0 Å². The van der Waals surface area contributed by atoms with Crippen LogP contribution in [0.2, 0.25) is 0 Å². The molecule has 0 aliphatic carbocycles. The van der Waals surface area contributed by atoms with E-state index in [0.29, 0.717) is 17.9 Å². The van der Waals surface area contributed by atoms with Crippen molar-refractivity contribution >= 4 is 22.9 Å². The second-order valence-corrected chi connectivity index (χ2v) is 4.48. The van der Waals surface area contributed by atoms with Gasteiger partial charge in [-0.25, -0.2) is 9.97 Å². The summed E-state index contributed by atoms with van der Waals surface area (Å²) in [5.41, 5.74) is 7.35. The van der Waals surface area contributed by atoms with E-state index in [0.717, 1.165) is 10.7 Å². The maximum absolute atomic E-state index is 11.7. The highest BCUT2D eigenvalue weighted by atomic mass is 32.1. The standard InChI is InChI=1S/C11H12N4OS/c1-7-6-17-10(15-7)5-14-11(16)9-3-2-8(12)4-13-9/h2-4,6H,5,12H2,1H3,(H,14,16). The van der Waals surface area contributed by atoms with Gasteiger partial charge in [0.25, 0.3) is 5.91 Å². The molecule has 17 heavy (non-hydrogen) atoms. The minimum atomic E-state index is -0.224. The van der Waals surface area contributed by atoms with Crippen LogP contribution in [-0.2, 0) is 6.54 Å². The SMILES string of the molecule is Cc1csc(CNC(=O)c2ccc(N)cn2)n1. The van der Waals surface area contributed by atoms with Gasteiger partial charge in [0.05, 0.1) is 18.4 Å². The molecule has 0 saturated heterocycles. The number of pyridine rings is 1. The summed E-state index contributed by atoms with van der Waals surface area (Å²) < 4.78 is 0. The number of hydrogen-bond donors (Lipinski definition) is 2. The number of nitrogens with two attached hydrogens (primary N) is 1. The maximum atomic E-state index is 11.7. The Hall–Kier alpha value is -1.95. The first kappa shape index (κ1) is 11.5. The molecule has 2 heterocycles. The number of aryl methyl sites for hydroxylation is 1. The fraction of sp³-hybridized carbons (Fsp3) is 0.182. The van der Waals surface area contributed by atoms with Crippen LogP contribution in [0.25, 0.3) is 0 Å². The van der Waals surface area contributed by atoms with Crippen molar-refractivity contribution < 1.29 is 4.79 Å². The first-order chi connectivity index (χ1) is 8.15. The number of carbonyl (C=O) groups is 1. The van der Waals surface area contributed by atoms with Crippen LogP contribution in [0.5, 0.6) is 0 Å². The summed E-state index contributed by atoms with van der Waals surface area (Å²) >= 11 is 1.52. The van der Waals surface area contributed by atoms with Gasteiger partial charge in [0.2, 0.25) is 0 Å². The molecule has 0 unspecified atom stereocenters. The highest BCUT2D eigenvalue weighted by Gasteiger charge is 2.07. The summed E-state index contributed by atoms with van der Waals surface area (Å²) in [6, 6.07) is 3.24. The number of aromatic nitrogens is 2. The molecule has 0 aliphatic heterocycles. The predicted molar refractivity (Wildman–Crippen MR) is 66.7 cm³/mol. The van der Waals surface area contributed by atoms with Crippen LogP contribution >= 0.6 is 11.3 Å². The number of anilines is 1. The van der Waals surface area contributed by atoms with E-state index >= 15 is 0 Å². The number of carbonyl (C=O) groups excluding carboxylic acids is 1. The van der Waals surface area contributed by atoms with Crippen molar-refractivity contribution in [1.82, 2.24) is 15.3 Å². The first-order valence-electron chi connectivity index (χ1n) is 5.06. The van der Waals surface area contributed by atoms with Gasteiger partial charge in [-0.3, -0.25) is 4.79 Å². The molecular formula is C11H12N4OS. The lowest BCUT2D eigenvalue weighted by Crippen LogP contribution is -2.23. The Kier molecular flexibility index (Phi) is 3.34. The molecule has 3 N–H and O–H groups in total. The Labute approximate surface area is 103 Å². The molecule has 0 aromatic carbocycles. The third kappa shape index (κ3) is 3.01. The van der Waals surface area contributed by atoms with Crippen LogP contribution < -0.4 is 11.1 Å². The van der Waals surface area contributed by atoms with E-state index in [9.17, 15) is 4.79 Å². The van der Waals surface area contributed by atoms with Crippen molar-refractivity contribution in [3.63, 3.8) is 0 Å². The molecule has 1 amide bonds. The van der Waals surface area contributed by atoms with Gasteiger partial charge < -0.3 is 11.1 Å². The quantitative estimate of drug-likeness (QED) is 0.859. The van der Waals surface area contributed by atoms with Crippen LogP contribution in [-0.4, -0.2) is 15.9 Å². The summed E-state index contributed by atoms with van der Waals surface area (Å²) in [7, 11) is 0. The minimum Gasteiger partial charge on any atom is -0.397 e. The number of amides is 1. The number of hydrogen-bond acceptors (Lipinski definition) is 5. The third-order valence-corrected chi connectivity index (χ3v) is 3.05. The number of thiazole rings is 1. The van der Waals surface area contributed by atoms with Crippen molar-refractivity contribution in [1.29, 1.82) is 0 Å². The lowest BCUT2D eigenvalue weighted by molar-refractivity contribution is 0.0946.